The monoisotopic (exact) mass is 1320 g/mol. The maximum atomic E-state index is 11.2. The smallest absolute Gasteiger partial charge is 0.372 e. The van der Waals surface area contributed by atoms with Crippen LogP contribution in [0, 0.1) is 6.08 Å². The zero-order valence-electron chi connectivity index (χ0n) is 39.6. The summed E-state index contributed by atoms with van der Waals surface area (Å²) in [4.78, 5) is 115. The van der Waals surface area contributed by atoms with Crippen LogP contribution in [0.3, 0.4) is 0 Å². The fraction of sp³-hybridized carbons (Fsp3) is 0.227. The van der Waals surface area contributed by atoms with Gasteiger partial charge in [-0.15, -0.1) is 62.5 Å². The van der Waals surface area contributed by atoms with Crippen molar-refractivity contribution in [2.75, 3.05) is 0 Å². The zero-order chi connectivity index (χ0) is 57.8. The fourth-order valence-corrected chi connectivity index (χ4v) is 133. The topological polar surface area (TPSA) is 380 Å². The van der Waals surface area contributed by atoms with Crippen molar-refractivity contribution in [2.24, 2.45) is 0 Å². The second-order valence-electron chi connectivity index (χ2n) is 15.4. The molecule has 0 saturated heterocycles. The largest absolute Gasteiger partial charge is 0.479 e. The van der Waals surface area contributed by atoms with E-state index in [0.29, 0.717) is 22.1 Å². The molecule has 1 aliphatic carbocycles. The second kappa shape index (κ2) is 35.9. The minimum Gasteiger partial charge on any atom is -0.479 e. The number of hydrogen-bond acceptors (Lipinski definition) is 12. The highest BCUT2D eigenvalue weighted by atomic mass is 33.3. The van der Waals surface area contributed by atoms with Gasteiger partial charge < -0.3 is 55.8 Å². The normalized spacial score (nSPS) is 12.9. The van der Waals surface area contributed by atoms with Crippen molar-refractivity contribution >= 4 is 198 Å². The molecule has 424 valence electrons. The van der Waals surface area contributed by atoms with Gasteiger partial charge in [-0.05, 0) is 58.2 Å². The number of aromatic amines is 3. The minimum absolute atomic E-state index is 0. The van der Waals surface area contributed by atoms with E-state index in [1.54, 1.807) is 48.7 Å². The standard InChI is InChI=1S/C14H13NO6.C14H11NO6.C11H9NO3.C3H4O3.2CH4.H15P13/c2*16-11(12(17)18)6-14(21,13(19)20)5-8-7-15-10-4-2-1-3-9(8)10;13-10(11(14)15)5-7-6-12-9-4-2-1-3-8(7)9;1-2(4)3(5)6;;;1-8-12(9(2)3)13(10(4)5)11(6)7/h1-4,7,15,21H,5-6H2,(H,17,18)(H,19,20);2-4,7,15,21H,5-6H2,(H-,17,18,19,20);1-4,6,12H,5H2,(H,14,15);1H3,(H,5,6);2*1H4;8H,1-7H2/p+1/t2*14-;;;;;/m10...../s1. The third kappa shape index (κ3) is 23.6. The third-order valence-electron chi connectivity index (χ3n) is 9.91. The van der Waals surface area contributed by atoms with Gasteiger partial charge in [0.1, 0.15) is 17.7 Å². The summed E-state index contributed by atoms with van der Waals surface area (Å²) in [6.45, 7) is 1.87. The van der Waals surface area contributed by atoms with E-state index in [9.17, 15) is 58.2 Å². The highest BCUT2D eigenvalue weighted by Gasteiger charge is 2.43. The molecule has 0 aliphatic heterocycles. The number of carboxylic acids is 6. The maximum Gasteiger partial charge on any atom is 0.372 e. The van der Waals surface area contributed by atoms with Gasteiger partial charge in [-0.1, -0.05) is 59.2 Å². The molecule has 78 heavy (non-hydrogen) atoms. The Labute approximate surface area is 471 Å². The molecule has 21 nitrogen and oxygen atoms in total. The number of fused-ring (bicyclic) bond motifs is 3. The van der Waals surface area contributed by atoms with Gasteiger partial charge in [-0.3, -0.25) is 19.2 Å². The summed E-state index contributed by atoms with van der Waals surface area (Å²) >= 11 is 0. The number of allylic oxidation sites excluding steroid dienone is 2. The van der Waals surface area contributed by atoms with Gasteiger partial charge >= 0.3 is 35.8 Å². The molecule has 0 fully saturated rings. The Balaban J connectivity index is 0.000000986. The lowest BCUT2D eigenvalue weighted by Gasteiger charge is -2.34. The van der Waals surface area contributed by atoms with Crippen molar-refractivity contribution in [2.45, 2.75) is 65.1 Å². The number of para-hydroxylation sites is 2. The summed E-state index contributed by atoms with van der Waals surface area (Å²) in [5, 5.41) is 73.4. The fourth-order valence-electron chi connectivity index (χ4n) is 6.28. The van der Waals surface area contributed by atoms with E-state index >= 15 is 0 Å². The van der Waals surface area contributed by atoms with Gasteiger partial charge in [0.15, 0.2) is 16.9 Å². The average Bonchev–Trinajstić information content (AvgIpc) is 4.07. The zero-order valence-corrected chi connectivity index (χ0v) is 53.1. The van der Waals surface area contributed by atoms with Crippen molar-refractivity contribution in [1.29, 1.82) is 0 Å². The van der Waals surface area contributed by atoms with Crippen molar-refractivity contribution in [3.05, 3.63) is 107 Å². The van der Waals surface area contributed by atoms with Crippen LogP contribution in [0.4, 0.5) is 0 Å². The summed E-state index contributed by atoms with van der Waals surface area (Å²) in [5.74, 6) is -13.9. The van der Waals surface area contributed by atoms with Crippen molar-refractivity contribution in [3.63, 3.8) is 0 Å². The first-order valence-electron chi connectivity index (χ1n) is 20.9. The highest BCUT2D eigenvalue weighted by Crippen LogP contribution is 3.18. The second-order valence-corrected chi connectivity index (χ2v) is 62.9. The molecule has 0 bridgehead atoms. The molecule has 11 N–H and O–H groups in total. The molecule has 11 atom stereocenters. The Morgan fingerprint density at radius 2 is 0.974 bits per heavy atom. The number of carboxylic acid groups (broad SMARTS) is 6. The van der Waals surface area contributed by atoms with Crippen LogP contribution in [-0.4, -0.2) is 126 Å². The highest BCUT2D eigenvalue weighted by molar-refractivity contribution is 9.24. The number of aliphatic hydroxyl groups is 2. The Bertz CT molecular complexity index is 2980. The van der Waals surface area contributed by atoms with Crippen LogP contribution < -0.4 is 0 Å². The number of aromatic nitrogens is 3. The van der Waals surface area contributed by atoms with E-state index in [2.05, 4.69) is 83.5 Å². The lowest BCUT2D eigenvalue weighted by Crippen LogP contribution is -2.44. The van der Waals surface area contributed by atoms with E-state index in [4.69, 9.17) is 30.6 Å². The summed E-state index contributed by atoms with van der Waals surface area (Å²) in [6.07, 6.45) is 9.73. The summed E-state index contributed by atoms with van der Waals surface area (Å²) < 4.78 is 0. The summed E-state index contributed by atoms with van der Waals surface area (Å²) in [6, 6.07) is 14.5. The van der Waals surface area contributed by atoms with Gasteiger partial charge in [-0.25, -0.2) is 28.8 Å². The maximum absolute atomic E-state index is 11.2. The van der Waals surface area contributed by atoms with Gasteiger partial charge in [0, 0.05) is 78.2 Å². The first-order chi connectivity index (χ1) is 35.4. The van der Waals surface area contributed by atoms with Crippen molar-refractivity contribution in [3.8, 4) is 0 Å². The van der Waals surface area contributed by atoms with Gasteiger partial charge in [0.25, 0.3) is 0 Å². The van der Waals surface area contributed by atoms with Crippen LogP contribution >= 0.6 is 105 Å². The van der Waals surface area contributed by atoms with Gasteiger partial charge in [0.2, 0.25) is 23.1 Å². The molecule has 0 amide bonds. The predicted molar refractivity (Wildman–Crippen MR) is 340 cm³/mol. The van der Waals surface area contributed by atoms with Crippen molar-refractivity contribution < 1.29 is 88.8 Å². The number of nitrogens with one attached hydrogen (secondary N) is 3. The Morgan fingerprint density at radius 3 is 1.35 bits per heavy atom. The minimum atomic E-state index is -2.47. The Hall–Kier alpha value is -2.80. The number of H-pyrrole nitrogens is 3. The molecule has 34 heteroatoms. The van der Waals surface area contributed by atoms with Gasteiger partial charge in [0.05, 0.1) is 18.9 Å². The number of aliphatic carboxylic acids is 6. The molecule has 0 saturated carbocycles. The lowest BCUT2D eigenvalue weighted by atomic mass is 9.88. The Kier molecular flexibility index (Phi) is 34.6. The first-order valence-corrected chi connectivity index (χ1v) is 43.7. The number of rotatable bonds is 21. The first kappa shape index (κ1) is 75.2. The van der Waals surface area contributed by atoms with Crippen molar-refractivity contribution in [1.82, 2.24) is 15.0 Å². The van der Waals surface area contributed by atoms with E-state index in [-0.39, 0.29) is 69.1 Å². The molecule has 2 aromatic carbocycles. The molecule has 0 radical (unpaired) electrons. The molecule has 3 heterocycles. The molecule has 0 spiro atoms. The van der Waals surface area contributed by atoms with Crippen LogP contribution in [0.2, 0.25) is 0 Å². The summed E-state index contributed by atoms with van der Waals surface area (Å²) in [5.41, 5.74) is -0.214. The number of benzene rings is 2. The van der Waals surface area contributed by atoms with E-state index in [0.717, 1.165) is 42.6 Å². The quantitative estimate of drug-likeness (QED) is 0.0185. The van der Waals surface area contributed by atoms with Crippen LogP contribution in [-0.2, 0) is 67.2 Å². The molecular weight excluding hydrogens is 1260 g/mol. The number of carbonyl (C=O) groups is 10. The summed E-state index contributed by atoms with van der Waals surface area (Å²) in [7, 11) is 22.2. The van der Waals surface area contributed by atoms with Crippen LogP contribution in [0.1, 0.15) is 62.6 Å². The van der Waals surface area contributed by atoms with Crippen LogP contribution in [0.25, 0.3) is 34.0 Å². The Morgan fingerprint density at radius 1 is 0.577 bits per heavy atom. The molecule has 5 aromatic rings. The lowest BCUT2D eigenvalue weighted by molar-refractivity contribution is -0.164. The number of hydrogen-bond donors (Lipinski definition) is 11. The van der Waals surface area contributed by atoms with Crippen LogP contribution in [0.5, 0.6) is 0 Å². The molecule has 3 aromatic heterocycles. The molecule has 6 rings (SSSR count). The SMILES string of the molecule is C.C.CC(=O)C(=O)O.O=C(O)C(=O)C[C@@](O)(Cc1c[nH]c2c1C=[C+]C=C2)C(=O)O.O=C(O)C(=O)C[C@](O)(Cc1c[nH]c2ccccc12)C(=O)O.O=C(O)C(=O)Cc1c[nH]c2ccccc12.PPP(P(P)P)P(P(P)P)P(P)P. The molecule has 1 aliphatic rings. The van der Waals surface area contributed by atoms with Crippen LogP contribution in [0.15, 0.2) is 73.2 Å². The number of carbonyl (C=O) groups excluding carboxylic acids is 4. The predicted octanol–water partition coefficient (Wildman–Crippen LogP) is 10.3. The third-order valence-corrected chi connectivity index (χ3v) is 83.3. The molecule has 9 unspecified atom stereocenters. The number of ketones is 4. The number of Topliss-reactive ketones (excluding diaryl/α,β-unsaturated/α-hetero) is 4. The van der Waals surface area contributed by atoms with E-state index in [1.807, 2.05) is 24.3 Å². The average molecular weight is 1320 g/mol. The van der Waals surface area contributed by atoms with Gasteiger partial charge in [-0.2, -0.15) is 0 Å². The molecular formula is C44H61N3O18P13+. The van der Waals surface area contributed by atoms with E-state index < -0.39 is 83.0 Å². The van der Waals surface area contributed by atoms with E-state index in [1.165, 1.54) is 12.4 Å².